The molecule has 0 unspecified atom stereocenters. The van der Waals surface area contributed by atoms with E-state index < -0.39 is 17.8 Å². The zero-order valence-corrected chi connectivity index (χ0v) is 21.7. The highest BCUT2D eigenvalue weighted by molar-refractivity contribution is 8.00. The number of amides is 2. The van der Waals surface area contributed by atoms with Crippen LogP contribution in [-0.4, -0.2) is 44.6 Å². The minimum atomic E-state index is -1.03. The van der Waals surface area contributed by atoms with Crippen molar-refractivity contribution < 1.29 is 24.2 Å². The predicted molar refractivity (Wildman–Crippen MR) is 140 cm³/mol. The average Bonchev–Trinajstić information content (AvgIpc) is 3.62. The monoisotopic (exact) mass is 548 g/mol. The van der Waals surface area contributed by atoms with Gasteiger partial charge >= 0.3 is 10.8 Å². The number of benzene rings is 2. The molecule has 2 aliphatic heterocycles. The number of H-pyrrole nitrogens is 1. The molecule has 0 spiro atoms. The smallest absolute Gasteiger partial charge is 0.305 e. The van der Waals surface area contributed by atoms with E-state index in [0.717, 1.165) is 27.6 Å². The van der Waals surface area contributed by atoms with E-state index in [0.29, 0.717) is 5.75 Å². The number of carboxylic acid groups (broad SMARTS) is 1. The van der Waals surface area contributed by atoms with Gasteiger partial charge < -0.3 is 14.8 Å². The molecule has 3 fully saturated rings. The van der Waals surface area contributed by atoms with Crippen LogP contribution >= 0.6 is 23.1 Å². The van der Waals surface area contributed by atoms with Gasteiger partial charge in [-0.3, -0.25) is 24.1 Å². The molecule has 38 heavy (non-hydrogen) atoms. The number of carbonyl (C=O) groups is 3. The predicted octanol–water partition coefficient (Wildman–Crippen LogP) is 4.18. The highest BCUT2D eigenvalue weighted by Crippen LogP contribution is 2.68. The summed E-state index contributed by atoms with van der Waals surface area (Å²) in [4.78, 5) is 55.5. The molecule has 194 valence electrons. The first kappa shape index (κ1) is 23.7. The van der Waals surface area contributed by atoms with Crippen molar-refractivity contribution in [1.29, 1.82) is 0 Å². The molecule has 0 radical (unpaired) electrons. The minimum absolute atomic E-state index is 0.00841. The second kappa shape index (κ2) is 8.84. The Bertz CT molecular complexity index is 1520. The van der Waals surface area contributed by atoms with Crippen LogP contribution in [0, 0.1) is 29.6 Å². The highest BCUT2D eigenvalue weighted by atomic mass is 32.2. The lowest BCUT2D eigenvalue weighted by Gasteiger charge is -2.43. The van der Waals surface area contributed by atoms with E-state index in [1.165, 1.54) is 16.2 Å². The van der Waals surface area contributed by atoms with Gasteiger partial charge in [0.05, 0.1) is 23.3 Å². The van der Waals surface area contributed by atoms with Crippen LogP contribution in [0.5, 0.6) is 11.5 Å². The molecular weight excluding hydrogens is 524 g/mol. The summed E-state index contributed by atoms with van der Waals surface area (Å²) in [6.45, 7) is -0.0785. The topological polar surface area (TPSA) is 117 Å². The molecule has 8 nitrogen and oxygen atoms in total. The van der Waals surface area contributed by atoms with Gasteiger partial charge in [0.1, 0.15) is 11.5 Å². The Morgan fingerprint density at radius 1 is 1.00 bits per heavy atom. The van der Waals surface area contributed by atoms with Crippen molar-refractivity contribution in [3.05, 3.63) is 74.7 Å². The lowest BCUT2D eigenvalue weighted by Crippen LogP contribution is -2.42. The molecule has 2 amide bonds. The zero-order valence-electron chi connectivity index (χ0n) is 20.1. The van der Waals surface area contributed by atoms with Gasteiger partial charge in [0.15, 0.2) is 0 Å². The number of ether oxygens (including phenoxy) is 1. The number of carbonyl (C=O) groups excluding carboxylic acids is 2. The number of aromatic amines is 1. The quantitative estimate of drug-likeness (QED) is 0.444. The number of nitrogens with zero attached hydrogens (tertiary/aromatic N) is 1. The van der Waals surface area contributed by atoms with E-state index in [4.69, 9.17) is 9.84 Å². The molecule has 7 rings (SSSR count). The fourth-order valence-corrected chi connectivity index (χ4v) is 10.2. The summed E-state index contributed by atoms with van der Waals surface area (Å²) < 4.78 is 6.11. The number of likely N-dealkylation sites (tertiary alicyclic amines) is 1. The first-order valence-electron chi connectivity index (χ1n) is 12.7. The standard InChI is InChI=1S/C28H24N2O6S2/c31-18(32)9-10-30-26(33)21-16-12-17(22(21)27(30)34)23-20(16)19(24-25(37-23)29-28(35)38-24)13-5-4-8-15(11-13)36-14-6-2-1-3-7-14/h1-8,11,16-17,19-23H,9-10,12H2,(H,29,35)(H,31,32)/t16-,17-,19+,20-,21+,22-,23-/m1/s1. The van der Waals surface area contributed by atoms with Crippen LogP contribution in [0.25, 0.3) is 0 Å². The normalized spacial score (nSPS) is 30.7. The maximum absolute atomic E-state index is 13.5. The molecule has 2 aromatic carbocycles. The molecule has 1 aromatic heterocycles. The van der Waals surface area contributed by atoms with Crippen LogP contribution in [0.15, 0.2) is 64.4 Å². The third-order valence-electron chi connectivity index (χ3n) is 8.56. The Labute approximate surface area is 226 Å². The Kier molecular flexibility index (Phi) is 5.52. The second-order valence-electron chi connectivity index (χ2n) is 10.4. The Morgan fingerprint density at radius 3 is 2.50 bits per heavy atom. The number of hydrogen-bond donors (Lipinski definition) is 2. The van der Waals surface area contributed by atoms with E-state index in [1.807, 2.05) is 54.6 Å². The van der Waals surface area contributed by atoms with Gasteiger partial charge in [-0.1, -0.05) is 41.7 Å². The van der Waals surface area contributed by atoms with Crippen LogP contribution in [0.1, 0.15) is 29.2 Å². The number of rotatable bonds is 6. The molecule has 4 aliphatic rings. The number of fused-ring (bicyclic) bond motifs is 9. The van der Waals surface area contributed by atoms with Crippen LogP contribution in [-0.2, 0) is 14.4 Å². The van der Waals surface area contributed by atoms with Gasteiger partial charge in [0.2, 0.25) is 11.8 Å². The average molecular weight is 549 g/mol. The van der Waals surface area contributed by atoms with Crippen LogP contribution in [0.4, 0.5) is 0 Å². The van der Waals surface area contributed by atoms with Crippen LogP contribution < -0.4 is 9.61 Å². The Morgan fingerprint density at radius 2 is 1.74 bits per heavy atom. The van der Waals surface area contributed by atoms with Gasteiger partial charge in [-0.05, 0) is 54.0 Å². The molecule has 2 N–H and O–H groups in total. The number of para-hydroxylation sites is 1. The molecule has 10 heteroatoms. The van der Waals surface area contributed by atoms with Crippen molar-refractivity contribution in [2.24, 2.45) is 29.6 Å². The molecule has 3 heterocycles. The summed E-state index contributed by atoms with van der Waals surface area (Å²) in [5.74, 6) is -0.925. The molecule has 2 saturated carbocycles. The maximum Gasteiger partial charge on any atom is 0.305 e. The van der Waals surface area contributed by atoms with Gasteiger partial charge in [-0.2, -0.15) is 0 Å². The van der Waals surface area contributed by atoms with E-state index in [-0.39, 0.29) is 58.6 Å². The molecule has 2 bridgehead atoms. The molecular formula is C28H24N2O6S2. The number of aliphatic carboxylic acids is 1. The number of thiazole rings is 1. The summed E-state index contributed by atoms with van der Waals surface area (Å²) in [6.07, 6.45) is 0.543. The van der Waals surface area contributed by atoms with E-state index in [1.54, 1.807) is 11.8 Å². The first-order valence-corrected chi connectivity index (χ1v) is 14.4. The third kappa shape index (κ3) is 3.57. The fraction of sp³-hybridized carbons (Fsp3) is 0.357. The van der Waals surface area contributed by atoms with Crippen molar-refractivity contribution in [3.63, 3.8) is 0 Å². The summed E-state index contributed by atoms with van der Waals surface area (Å²) >= 11 is 2.85. The number of hydrogen-bond acceptors (Lipinski definition) is 7. The summed E-state index contributed by atoms with van der Waals surface area (Å²) in [7, 11) is 0. The van der Waals surface area contributed by atoms with Crippen molar-refractivity contribution in [3.8, 4) is 11.5 Å². The second-order valence-corrected chi connectivity index (χ2v) is 12.6. The van der Waals surface area contributed by atoms with Gasteiger partial charge in [0.25, 0.3) is 0 Å². The molecule has 1 saturated heterocycles. The lowest BCUT2D eigenvalue weighted by atomic mass is 9.68. The van der Waals surface area contributed by atoms with Crippen molar-refractivity contribution in [2.45, 2.75) is 29.0 Å². The number of carboxylic acids is 1. The van der Waals surface area contributed by atoms with Crippen molar-refractivity contribution >= 4 is 40.9 Å². The SMILES string of the molecule is O=C(O)CCN1C(=O)[C@@H]2[C@H]3C[C@@H]([C@@H]2C1=O)[C@@H]1[C@H](c2cccc(Oc4ccccc4)c2)c2sc(=O)[nH]c2S[C@H]31. The Hall–Kier alpha value is -3.37. The largest absolute Gasteiger partial charge is 0.481 e. The number of aromatic nitrogens is 1. The summed E-state index contributed by atoms with van der Waals surface area (Å²) in [6, 6.07) is 17.5. The third-order valence-corrected chi connectivity index (χ3v) is 11.1. The first-order chi connectivity index (χ1) is 18.4. The molecule has 3 aromatic rings. The number of imide groups is 1. The number of nitrogens with one attached hydrogen (secondary N) is 1. The molecule has 7 atom stereocenters. The van der Waals surface area contributed by atoms with Gasteiger partial charge in [-0.25, -0.2) is 0 Å². The fourth-order valence-electron chi connectivity index (χ4n) is 7.28. The zero-order chi connectivity index (χ0) is 26.1. The van der Waals surface area contributed by atoms with Gasteiger partial charge in [0, 0.05) is 22.6 Å². The summed E-state index contributed by atoms with van der Waals surface area (Å²) in [5.41, 5.74) is 1.02. The number of thioether (sulfide) groups is 1. The van der Waals surface area contributed by atoms with Gasteiger partial charge in [-0.15, -0.1) is 11.8 Å². The van der Waals surface area contributed by atoms with E-state index in [9.17, 15) is 19.2 Å². The van der Waals surface area contributed by atoms with E-state index in [2.05, 4.69) is 4.98 Å². The maximum atomic E-state index is 13.5. The van der Waals surface area contributed by atoms with Crippen molar-refractivity contribution in [2.75, 3.05) is 6.54 Å². The summed E-state index contributed by atoms with van der Waals surface area (Å²) in [5, 5.41) is 10.1. The van der Waals surface area contributed by atoms with Crippen LogP contribution in [0.2, 0.25) is 0 Å². The van der Waals surface area contributed by atoms with Crippen LogP contribution in [0.3, 0.4) is 0 Å². The van der Waals surface area contributed by atoms with Crippen molar-refractivity contribution in [1.82, 2.24) is 9.88 Å². The highest BCUT2D eigenvalue weighted by Gasteiger charge is 2.69. The lowest BCUT2D eigenvalue weighted by molar-refractivity contribution is -0.142. The Balaban J connectivity index is 1.27. The minimum Gasteiger partial charge on any atom is -0.481 e. The molecule has 2 aliphatic carbocycles. The van der Waals surface area contributed by atoms with E-state index >= 15 is 0 Å².